The maximum atomic E-state index is 12.6. The summed E-state index contributed by atoms with van der Waals surface area (Å²) >= 11 is 1.56. The molecule has 120 valence electrons. The van der Waals surface area contributed by atoms with Gasteiger partial charge in [0, 0.05) is 31.1 Å². The van der Waals surface area contributed by atoms with Gasteiger partial charge in [-0.25, -0.2) is 8.42 Å². The van der Waals surface area contributed by atoms with E-state index in [9.17, 15) is 13.7 Å². The number of nitrogens with zero attached hydrogens (tertiary/aromatic N) is 3. The standard InChI is InChI=1S/C16H17N3O2S2/c17-13-15(16-7-4-12-22-16)18-8-10-19(11-9-18)23(20,21)14-5-2-1-3-6-14/h1-7,12,15H,8-11H2. The van der Waals surface area contributed by atoms with Crippen molar-refractivity contribution in [2.75, 3.05) is 26.2 Å². The maximum Gasteiger partial charge on any atom is 0.243 e. The lowest BCUT2D eigenvalue weighted by molar-refractivity contribution is 0.164. The summed E-state index contributed by atoms with van der Waals surface area (Å²) in [7, 11) is -3.45. The first kappa shape index (κ1) is 16.1. The topological polar surface area (TPSA) is 64.4 Å². The zero-order valence-electron chi connectivity index (χ0n) is 12.5. The Morgan fingerprint density at radius 2 is 1.74 bits per heavy atom. The number of sulfonamides is 1. The van der Waals surface area contributed by atoms with Crippen LogP contribution in [0.1, 0.15) is 10.9 Å². The van der Waals surface area contributed by atoms with Gasteiger partial charge in [0.1, 0.15) is 6.04 Å². The van der Waals surface area contributed by atoms with Gasteiger partial charge in [0.25, 0.3) is 0 Å². The van der Waals surface area contributed by atoms with Crippen molar-refractivity contribution in [3.8, 4) is 6.07 Å². The lowest BCUT2D eigenvalue weighted by Gasteiger charge is -2.35. The van der Waals surface area contributed by atoms with E-state index in [-0.39, 0.29) is 6.04 Å². The van der Waals surface area contributed by atoms with E-state index in [1.807, 2.05) is 22.4 Å². The molecule has 0 saturated carbocycles. The second-order valence-corrected chi connectivity index (χ2v) is 8.22. The molecular weight excluding hydrogens is 330 g/mol. The van der Waals surface area contributed by atoms with Gasteiger partial charge in [0.2, 0.25) is 10.0 Å². The quantitative estimate of drug-likeness (QED) is 0.851. The van der Waals surface area contributed by atoms with E-state index in [0.717, 1.165) is 4.88 Å². The van der Waals surface area contributed by atoms with Crippen molar-refractivity contribution < 1.29 is 8.42 Å². The second kappa shape index (κ2) is 6.81. The van der Waals surface area contributed by atoms with Crippen LogP contribution < -0.4 is 0 Å². The SMILES string of the molecule is N#CC(c1cccs1)N1CCN(S(=O)(=O)c2ccccc2)CC1. The van der Waals surface area contributed by atoms with Crippen LogP contribution in [0, 0.1) is 11.3 Å². The average molecular weight is 347 g/mol. The smallest absolute Gasteiger partial charge is 0.243 e. The molecule has 0 N–H and O–H groups in total. The van der Waals surface area contributed by atoms with Gasteiger partial charge in [0.05, 0.1) is 11.0 Å². The second-order valence-electron chi connectivity index (χ2n) is 5.30. The number of piperazine rings is 1. The average Bonchev–Trinajstić information content (AvgIpc) is 3.11. The fourth-order valence-electron chi connectivity index (χ4n) is 2.72. The molecule has 3 rings (SSSR count). The molecule has 1 aliphatic rings. The third-order valence-electron chi connectivity index (χ3n) is 3.95. The summed E-state index contributed by atoms with van der Waals surface area (Å²) in [6, 6.07) is 14.4. The van der Waals surface area contributed by atoms with Gasteiger partial charge in [-0.3, -0.25) is 4.90 Å². The van der Waals surface area contributed by atoms with Crippen molar-refractivity contribution in [2.24, 2.45) is 0 Å². The Labute approximate surface area is 140 Å². The molecule has 0 radical (unpaired) electrons. The van der Waals surface area contributed by atoms with Crippen LogP contribution >= 0.6 is 11.3 Å². The Morgan fingerprint density at radius 3 is 2.30 bits per heavy atom. The van der Waals surface area contributed by atoms with Crippen LogP contribution in [0.3, 0.4) is 0 Å². The summed E-state index contributed by atoms with van der Waals surface area (Å²) < 4.78 is 26.7. The van der Waals surface area contributed by atoms with Crippen LogP contribution in [-0.2, 0) is 10.0 Å². The van der Waals surface area contributed by atoms with Gasteiger partial charge in [-0.05, 0) is 23.6 Å². The van der Waals surface area contributed by atoms with Crippen LogP contribution in [0.5, 0.6) is 0 Å². The monoisotopic (exact) mass is 347 g/mol. The van der Waals surface area contributed by atoms with Crippen LogP contribution in [0.25, 0.3) is 0 Å². The normalized spacial score (nSPS) is 18.4. The lowest BCUT2D eigenvalue weighted by Crippen LogP contribution is -2.49. The molecule has 23 heavy (non-hydrogen) atoms. The fourth-order valence-corrected chi connectivity index (χ4v) is 4.96. The summed E-state index contributed by atoms with van der Waals surface area (Å²) in [5.74, 6) is 0. The van der Waals surface area contributed by atoms with E-state index < -0.39 is 10.0 Å². The predicted molar refractivity (Wildman–Crippen MR) is 89.4 cm³/mol. The molecule has 1 atom stereocenters. The highest BCUT2D eigenvalue weighted by Crippen LogP contribution is 2.26. The molecule has 1 saturated heterocycles. The first-order chi connectivity index (χ1) is 11.1. The Balaban J connectivity index is 1.70. The third kappa shape index (κ3) is 3.31. The third-order valence-corrected chi connectivity index (χ3v) is 6.79. The first-order valence-electron chi connectivity index (χ1n) is 7.35. The van der Waals surface area contributed by atoms with Crippen LogP contribution in [0.2, 0.25) is 0 Å². The molecule has 7 heteroatoms. The highest BCUT2D eigenvalue weighted by atomic mass is 32.2. The number of thiophene rings is 1. The number of rotatable bonds is 4. The molecule has 1 unspecified atom stereocenters. The Morgan fingerprint density at radius 1 is 1.04 bits per heavy atom. The van der Waals surface area contributed by atoms with Crippen molar-refractivity contribution in [1.82, 2.24) is 9.21 Å². The summed E-state index contributed by atoms with van der Waals surface area (Å²) in [5, 5.41) is 11.4. The van der Waals surface area contributed by atoms with E-state index in [1.165, 1.54) is 4.31 Å². The molecule has 0 aliphatic carbocycles. The minimum Gasteiger partial charge on any atom is -0.281 e. The summed E-state index contributed by atoms with van der Waals surface area (Å²) in [5.41, 5.74) is 0. The van der Waals surface area contributed by atoms with Crippen molar-refractivity contribution in [2.45, 2.75) is 10.9 Å². The van der Waals surface area contributed by atoms with Crippen LogP contribution in [0.4, 0.5) is 0 Å². The number of nitriles is 1. The largest absolute Gasteiger partial charge is 0.281 e. The van der Waals surface area contributed by atoms with Crippen LogP contribution in [0.15, 0.2) is 52.7 Å². The molecule has 1 fully saturated rings. The summed E-state index contributed by atoms with van der Waals surface area (Å²) in [6.45, 7) is 1.92. The minimum atomic E-state index is -3.45. The molecular formula is C16H17N3O2S2. The zero-order chi connectivity index (χ0) is 16.3. The van der Waals surface area contributed by atoms with Gasteiger partial charge in [-0.1, -0.05) is 24.3 Å². The van der Waals surface area contributed by atoms with Crippen molar-refractivity contribution in [3.63, 3.8) is 0 Å². The molecule has 0 bridgehead atoms. The van der Waals surface area contributed by atoms with Crippen LogP contribution in [-0.4, -0.2) is 43.8 Å². The number of hydrogen-bond acceptors (Lipinski definition) is 5. The van der Waals surface area contributed by atoms with E-state index in [4.69, 9.17) is 0 Å². The van der Waals surface area contributed by atoms with Crippen molar-refractivity contribution >= 4 is 21.4 Å². The van der Waals surface area contributed by atoms with E-state index in [1.54, 1.807) is 41.7 Å². The molecule has 1 aliphatic heterocycles. The molecule has 2 aromatic rings. The zero-order valence-corrected chi connectivity index (χ0v) is 14.1. The Hall–Kier alpha value is -1.72. The molecule has 5 nitrogen and oxygen atoms in total. The number of hydrogen-bond donors (Lipinski definition) is 0. The number of benzene rings is 1. The van der Waals surface area contributed by atoms with Gasteiger partial charge in [-0.2, -0.15) is 9.57 Å². The molecule has 1 aromatic heterocycles. The highest BCUT2D eigenvalue weighted by Gasteiger charge is 2.31. The Kier molecular flexibility index (Phi) is 4.78. The van der Waals surface area contributed by atoms with Gasteiger partial charge >= 0.3 is 0 Å². The van der Waals surface area contributed by atoms with Crippen molar-refractivity contribution in [3.05, 3.63) is 52.7 Å². The Bertz CT molecular complexity index is 774. The van der Waals surface area contributed by atoms with E-state index in [0.29, 0.717) is 31.1 Å². The minimum absolute atomic E-state index is 0.295. The summed E-state index contributed by atoms with van der Waals surface area (Å²) in [4.78, 5) is 3.37. The van der Waals surface area contributed by atoms with E-state index >= 15 is 0 Å². The van der Waals surface area contributed by atoms with Crippen molar-refractivity contribution in [1.29, 1.82) is 5.26 Å². The van der Waals surface area contributed by atoms with Gasteiger partial charge in [-0.15, -0.1) is 11.3 Å². The summed E-state index contributed by atoms with van der Waals surface area (Å²) in [6.07, 6.45) is 0. The molecule has 0 amide bonds. The molecule has 1 aromatic carbocycles. The maximum absolute atomic E-state index is 12.6. The first-order valence-corrected chi connectivity index (χ1v) is 9.67. The predicted octanol–water partition coefficient (Wildman–Crippen LogP) is 2.32. The molecule has 2 heterocycles. The van der Waals surface area contributed by atoms with Gasteiger partial charge < -0.3 is 0 Å². The fraction of sp³-hybridized carbons (Fsp3) is 0.312. The van der Waals surface area contributed by atoms with E-state index in [2.05, 4.69) is 6.07 Å². The highest BCUT2D eigenvalue weighted by molar-refractivity contribution is 7.89. The van der Waals surface area contributed by atoms with Gasteiger partial charge in [0.15, 0.2) is 0 Å². The molecule has 0 spiro atoms. The lowest BCUT2D eigenvalue weighted by atomic mass is 10.2.